The number of nitrogens with two attached hydrogens (primary N) is 1. The molecule has 0 radical (unpaired) electrons. The lowest BCUT2D eigenvalue weighted by Crippen LogP contribution is -1.85. The van der Waals surface area contributed by atoms with Gasteiger partial charge in [-0.1, -0.05) is 6.07 Å². The molecule has 2 aromatic rings. The number of nitrogen functional groups attached to an aromatic ring is 1. The summed E-state index contributed by atoms with van der Waals surface area (Å²) in [5.74, 6) is 0.572. The maximum atomic E-state index is 5.32. The van der Waals surface area contributed by atoms with Crippen LogP contribution in [0.25, 0.3) is 0 Å². The summed E-state index contributed by atoms with van der Waals surface area (Å²) in [7, 11) is 0. The highest BCUT2D eigenvalue weighted by molar-refractivity contribution is 6.28. The van der Waals surface area contributed by atoms with E-state index in [0.29, 0.717) is 11.1 Å². The molecular weight excluding hydrogens is 200 g/mol. The molecule has 72 valence electrons. The minimum atomic E-state index is 0.294. The third-order valence-electron chi connectivity index (χ3n) is 1.22. The third kappa shape index (κ3) is 4.37. The average Bonchev–Trinajstić information content (AvgIpc) is 2.21. The van der Waals surface area contributed by atoms with E-state index in [1.807, 2.05) is 12.1 Å². The molecule has 4 nitrogen and oxygen atoms in total. The molecule has 0 spiro atoms. The topological polar surface area (TPSA) is 64.7 Å². The number of pyridine rings is 1. The van der Waals surface area contributed by atoms with E-state index in [1.165, 1.54) is 0 Å². The fourth-order valence-electron chi connectivity index (χ4n) is 0.657. The standard InChI is InChI=1S/C5H6N2.C4H3ClN2/c6-5-3-1-2-4-7-5;5-4-6-2-1-3-7-4/h1-4H,(H2,6,7);1-3H. The molecule has 0 aliphatic carbocycles. The van der Waals surface area contributed by atoms with Crippen LogP contribution in [0, 0.1) is 0 Å². The molecule has 2 aromatic heterocycles. The average molecular weight is 209 g/mol. The smallest absolute Gasteiger partial charge is 0.222 e. The highest BCUT2D eigenvalue weighted by Crippen LogP contribution is 1.92. The van der Waals surface area contributed by atoms with Crippen LogP contribution in [0.1, 0.15) is 0 Å². The van der Waals surface area contributed by atoms with E-state index in [2.05, 4.69) is 15.0 Å². The Morgan fingerprint density at radius 1 is 0.929 bits per heavy atom. The van der Waals surface area contributed by atoms with Crippen LogP contribution in [-0.4, -0.2) is 15.0 Å². The van der Waals surface area contributed by atoms with Crippen LogP contribution in [-0.2, 0) is 0 Å². The lowest BCUT2D eigenvalue weighted by molar-refractivity contribution is 1.17. The lowest BCUT2D eigenvalue weighted by Gasteiger charge is -1.82. The lowest BCUT2D eigenvalue weighted by atomic mass is 10.5. The van der Waals surface area contributed by atoms with E-state index >= 15 is 0 Å². The Morgan fingerprint density at radius 3 is 1.86 bits per heavy atom. The third-order valence-corrected chi connectivity index (χ3v) is 1.42. The zero-order valence-electron chi connectivity index (χ0n) is 7.34. The first-order chi connectivity index (χ1) is 6.79. The molecule has 2 rings (SSSR count). The Morgan fingerprint density at radius 2 is 1.57 bits per heavy atom. The van der Waals surface area contributed by atoms with Gasteiger partial charge in [0.1, 0.15) is 5.82 Å². The first-order valence-electron chi connectivity index (χ1n) is 3.88. The molecule has 0 bridgehead atoms. The summed E-state index contributed by atoms with van der Waals surface area (Å²) in [4.78, 5) is 11.0. The Bertz CT molecular complexity index is 314. The van der Waals surface area contributed by atoms with Crippen LogP contribution < -0.4 is 5.73 Å². The van der Waals surface area contributed by atoms with Crippen LogP contribution >= 0.6 is 11.6 Å². The molecule has 0 aliphatic rings. The van der Waals surface area contributed by atoms with E-state index in [-0.39, 0.29) is 0 Å². The number of aromatic nitrogens is 3. The van der Waals surface area contributed by atoms with Crippen LogP contribution in [0.4, 0.5) is 5.82 Å². The molecule has 0 amide bonds. The van der Waals surface area contributed by atoms with E-state index in [1.54, 1.807) is 30.7 Å². The van der Waals surface area contributed by atoms with Crippen LogP contribution in [0.5, 0.6) is 0 Å². The Labute approximate surface area is 86.8 Å². The first kappa shape index (κ1) is 10.4. The quantitative estimate of drug-likeness (QED) is 0.671. The van der Waals surface area contributed by atoms with Crippen molar-refractivity contribution in [2.24, 2.45) is 0 Å². The second kappa shape index (κ2) is 5.88. The van der Waals surface area contributed by atoms with Crippen molar-refractivity contribution < 1.29 is 0 Å². The van der Waals surface area contributed by atoms with Crippen molar-refractivity contribution in [1.82, 2.24) is 15.0 Å². The summed E-state index contributed by atoms with van der Waals surface area (Å²) in [5, 5.41) is 0.294. The first-order valence-corrected chi connectivity index (χ1v) is 4.26. The van der Waals surface area contributed by atoms with Crippen molar-refractivity contribution >= 4 is 17.4 Å². The molecular formula is C9H9ClN4. The van der Waals surface area contributed by atoms with Gasteiger partial charge in [-0.3, -0.25) is 0 Å². The van der Waals surface area contributed by atoms with Gasteiger partial charge in [0.05, 0.1) is 0 Å². The normalized spacial score (nSPS) is 8.64. The molecule has 2 N–H and O–H groups in total. The van der Waals surface area contributed by atoms with Crippen molar-refractivity contribution in [3.63, 3.8) is 0 Å². The predicted octanol–water partition coefficient (Wildman–Crippen LogP) is 1.79. The molecule has 0 fully saturated rings. The fraction of sp³-hybridized carbons (Fsp3) is 0. The number of hydrogen-bond acceptors (Lipinski definition) is 4. The van der Waals surface area contributed by atoms with Gasteiger partial charge >= 0.3 is 0 Å². The second-order valence-electron chi connectivity index (χ2n) is 2.27. The summed E-state index contributed by atoms with van der Waals surface area (Å²) in [5.41, 5.74) is 5.25. The Hall–Kier alpha value is -1.68. The van der Waals surface area contributed by atoms with Crippen molar-refractivity contribution in [3.05, 3.63) is 48.1 Å². The highest BCUT2D eigenvalue weighted by atomic mass is 35.5. The molecule has 2 heterocycles. The van der Waals surface area contributed by atoms with Gasteiger partial charge < -0.3 is 5.73 Å². The summed E-state index contributed by atoms with van der Waals surface area (Å²) >= 11 is 5.32. The minimum absolute atomic E-state index is 0.294. The van der Waals surface area contributed by atoms with E-state index in [0.717, 1.165) is 0 Å². The summed E-state index contributed by atoms with van der Waals surface area (Å²) in [6, 6.07) is 7.14. The summed E-state index contributed by atoms with van der Waals surface area (Å²) in [6.45, 7) is 0. The number of halogens is 1. The van der Waals surface area contributed by atoms with Crippen LogP contribution in [0.15, 0.2) is 42.9 Å². The zero-order chi connectivity index (χ0) is 10.2. The van der Waals surface area contributed by atoms with Gasteiger partial charge in [-0.05, 0) is 29.8 Å². The SMILES string of the molecule is Clc1ncccn1.Nc1ccccn1. The van der Waals surface area contributed by atoms with E-state index in [4.69, 9.17) is 17.3 Å². The van der Waals surface area contributed by atoms with Gasteiger partial charge in [0, 0.05) is 18.6 Å². The summed E-state index contributed by atoms with van der Waals surface area (Å²) < 4.78 is 0. The largest absolute Gasteiger partial charge is 0.384 e. The molecule has 0 aromatic carbocycles. The predicted molar refractivity (Wildman–Crippen MR) is 55.7 cm³/mol. The number of nitrogens with zero attached hydrogens (tertiary/aromatic N) is 3. The minimum Gasteiger partial charge on any atom is -0.384 e. The highest BCUT2D eigenvalue weighted by Gasteiger charge is 1.78. The molecule has 0 saturated carbocycles. The number of rotatable bonds is 0. The maximum absolute atomic E-state index is 5.32. The van der Waals surface area contributed by atoms with Gasteiger partial charge in [0.25, 0.3) is 0 Å². The van der Waals surface area contributed by atoms with Gasteiger partial charge in [0.15, 0.2) is 0 Å². The van der Waals surface area contributed by atoms with Crippen molar-refractivity contribution in [2.45, 2.75) is 0 Å². The molecule has 0 unspecified atom stereocenters. The number of anilines is 1. The number of hydrogen-bond donors (Lipinski definition) is 1. The van der Waals surface area contributed by atoms with Crippen molar-refractivity contribution in [2.75, 3.05) is 5.73 Å². The van der Waals surface area contributed by atoms with Crippen molar-refractivity contribution in [3.8, 4) is 0 Å². The van der Waals surface area contributed by atoms with E-state index in [9.17, 15) is 0 Å². The molecule has 0 atom stereocenters. The maximum Gasteiger partial charge on any atom is 0.222 e. The van der Waals surface area contributed by atoms with Crippen molar-refractivity contribution in [1.29, 1.82) is 0 Å². The molecule has 5 heteroatoms. The zero-order valence-corrected chi connectivity index (χ0v) is 8.09. The molecule has 14 heavy (non-hydrogen) atoms. The van der Waals surface area contributed by atoms with Gasteiger partial charge in [0.2, 0.25) is 5.28 Å². The van der Waals surface area contributed by atoms with Crippen LogP contribution in [0.2, 0.25) is 5.28 Å². The Balaban J connectivity index is 0.000000140. The van der Waals surface area contributed by atoms with Gasteiger partial charge in [-0.2, -0.15) is 0 Å². The monoisotopic (exact) mass is 208 g/mol. The van der Waals surface area contributed by atoms with Gasteiger partial charge in [-0.25, -0.2) is 15.0 Å². The van der Waals surface area contributed by atoms with Crippen LogP contribution in [0.3, 0.4) is 0 Å². The Kier molecular flexibility index (Phi) is 4.37. The summed E-state index contributed by atoms with van der Waals surface area (Å²) in [6.07, 6.45) is 4.85. The second-order valence-corrected chi connectivity index (χ2v) is 2.61. The fourth-order valence-corrected chi connectivity index (χ4v) is 0.770. The van der Waals surface area contributed by atoms with E-state index < -0.39 is 0 Å². The van der Waals surface area contributed by atoms with Gasteiger partial charge in [-0.15, -0.1) is 0 Å². The molecule has 0 aliphatic heterocycles. The molecule has 0 saturated heterocycles.